The Morgan fingerprint density at radius 3 is 2.62 bits per heavy atom. The molecule has 1 heterocycles. The summed E-state index contributed by atoms with van der Waals surface area (Å²) >= 11 is 0. The predicted molar refractivity (Wildman–Crippen MR) is 129 cm³/mol. The van der Waals surface area contributed by atoms with Crippen molar-refractivity contribution < 1.29 is 28.2 Å². The second-order valence-electron chi connectivity index (χ2n) is 7.35. The summed E-state index contributed by atoms with van der Waals surface area (Å²) in [5.74, 6) is 0.288. The number of carbonyl (C=O) groups is 2. The Labute approximate surface area is 197 Å². The molecule has 0 aliphatic heterocycles. The van der Waals surface area contributed by atoms with Crippen molar-refractivity contribution in [2.24, 2.45) is 0 Å². The summed E-state index contributed by atoms with van der Waals surface area (Å²) in [7, 11) is 1.54. The maximum atomic E-state index is 12.3. The zero-order valence-electron chi connectivity index (χ0n) is 19.4. The number of unbranched alkanes of at least 4 members (excludes halogenated alkanes) is 1. The van der Waals surface area contributed by atoms with Crippen LogP contribution in [0.25, 0.3) is 17.0 Å². The number of hydrogen-bond acceptors (Lipinski definition) is 7. The van der Waals surface area contributed by atoms with Gasteiger partial charge in [-0.05, 0) is 55.3 Å². The van der Waals surface area contributed by atoms with Crippen LogP contribution in [0.5, 0.6) is 17.2 Å². The summed E-state index contributed by atoms with van der Waals surface area (Å²) in [6, 6.07) is 11.4. The molecule has 1 aromatic heterocycles. The van der Waals surface area contributed by atoms with Crippen LogP contribution in [0.4, 0.5) is 0 Å². The fourth-order valence-electron chi connectivity index (χ4n) is 3.16. The maximum Gasteiger partial charge on any atom is 0.349 e. The molecule has 0 aliphatic rings. The molecule has 34 heavy (non-hydrogen) atoms. The Bertz CT molecular complexity index is 1260. The second-order valence-corrected chi connectivity index (χ2v) is 7.35. The van der Waals surface area contributed by atoms with E-state index in [4.69, 9.17) is 18.6 Å². The van der Waals surface area contributed by atoms with Gasteiger partial charge in [-0.1, -0.05) is 19.4 Å². The van der Waals surface area contributed by atoms with Gasteiger partial charge < -0.3 is 23.9 Å². The minimum absolute atomic E-state index is 0.0675. The number of rotatable bonds is 10. The van der Waals surface area contributed by atoms with Crippen molar-refractivity contribution in [2.45, 2.75) is 26.7 Å². The van der Waals surface area contributed by atoms with Gasteiger partial charge in [0.1, 0.15) is 16.9 Å². The van der Waals surface area contributed by atoms with Crippen molar-refractivity contribution in [3.05, 3.63) is 70.1 Å². The summed E-state index contributed by atoms with van der Waals surface area (Å²) in [6.07, 6.45) is 4.61. The molecule has 0 aliphatic carbocycles. The first kappa shape index (κ1) is 24.6. The lowest BCUT2D eigenvalue weighted by molar-refractivity contribution is -0.128. The average molecular weight is 466 g/mol. The molecular formula is C26H27NO7. The van der Waals surface area contributed by atoms with E-state index in [9.17, 15) is 14.4 Å². The summed E-state index contributed by atoms with van der Waals surface area (Å²) in [4.78, 5) is 36.7. The predicted octanol–water partition coefficient (Wildman–Crippen LogP) is 4.35. The minimum Gasteiger partial charge on any atom is -0.493 e. The number of methoxy groups -OCH3 is 1. The molecule has 1 amide bonds. The van der Waals surface area contributed by atoms with E-state index in [1.54, 1.807) is 43.5 Å². The van der Waals surface area contributed by atoms with E-state index in [0.717, 1.165) is 18.4 Å². The van der Waals surface area contributed by atoms with Gasteiger partial charge in [-0.2, -0.15) is 0 Å². The third kappa shape index (κ3) is 6.25. The fraction of sp³-hybridized carbons (Fsp3) is 0.269. The Morgan fingerprint density at radius 2 is 1.88 bits per heavy atom. The summed E-state index contributed by atoms with van der Waals surface area (Å²) in [5.41, 5.74) is 0.114. The highest BCUT2D eigenvalue weighted by molar-refractivity contribution is 5.97. The lowest BCUT2D eigenvalue weighted by atomic mass is 10.1. The molecule has 3 aromatic rings. The van der Waals surface area contributed by atoms with Crippen LogP contribution >= 0.6 is 0 Å². The van der Waals surface area contributed by atoms with E-state index >= 15 is 0 Å². The number of hydrogen-bond donors (Lipinski definition) is 1. The second kappa shape index (κ2) is 11.7. The van der Waals surface area contributed by atoms with Crippen LogP contribution in [-0.2, 0) is 4.79 Å². The van der Waals surface area contributed by atoms with Crippen molar-refractivity contribution in [3.8, 4) is 17.2 Å². The summed E-state index contributed by atoms with van der Waals surface area (Å²) in [6.45, 7) is 4.88. The largest absolute Gasteiger partial charge is 0.493 e. The normalized spacial score (nSPS) is 10.9. The van der Waals surface area contributed by atoms with Crippen LogP contribution < -0.4 is 25.2 Å². The third-order valence-corrected chi connectivity index (χ3v) is 4.89. The van der Waals surface area contributed by atoms with Crippen molar-refractivity contribution >= 4 is 28.9 Å². The van der Waals surface area contributed by atoms with Gasteiger partial charge in [0, 0.05) is 24.1 Å². The monoisotopic (exact) mass is 465 g/mol. The van der Waals surface area contributed by atoms with Gasteiger partial charge in [0.15, 0.2) is 11.5 Å². The molecule has 178 valence electrons. The van der Waals surface area contributed by atoms with Crippen LogP contribution in [-0.4, -0.2) is 32.1 Å². The Kier molecular flexibility index (Phi) is 8.45. The molecule has 0 saturated heterocycles. The van der Waals surface area contributed by atoms with Crippen LogP contribution in [0.2, 0.25) is 0 Å². The quantitative estimate of drug-likeness (QED) is 0.156. The number of ether oxygens (including phenoxy) is 3. The summed E-state index contributed by atoms with van der Waals surface area (Å²) in [5, 5.41) is 3.24. The van der Waals surface area contributed by atoms with Crippen molar-refractivity contribution in [1.82, 2.24) is 5.32 Å². The van der Waals surface area contributed by atoms with E-state index < -0.39 is 17.5 Å². The molecule has 0 saturated carbocycles. The van der Waals surface area contributed by atoms with Crippen molar-refractivity contribution in [1.29, 1.82) is 0 Å². The zero-order valence-corrected chi connectivity index (χ0v) is 19.4. The molecule has 1 N–H and O–H groups in total. The Hall–Kier alpha value is -4.07. The van der Waals surface area contributed by atoms with E-state index in [1.165, 1.54) is 18.2 Å². The first-order valence-electron chi connectivity index (χ1n) is 11.0. The lowest BCUT2D eigenvalue weighted by Crippen LogP contribution is -2.28. The standard InChI is InChI=1S/C26H27NO7/c1-4-6-13-27-25(29)20-15-18-9-10-19(16-22(18)34-26(20)30)33-24(28)12-8-17-7-11-21(32-5-2)23(14-17)31-3/h7-12,14-16H,4-6,13H2,1-3H3,(H,27,29)/b12-8+. The minimum atomic E-state index is -0.755. The number of nitrogens with one attached hydrogen (secondary N) is 1. The highest BCUT2D eigenvalue weighted by Gasteiger charge is 2.14. The van der Waals surface area contributed by atoms with E-state index in [1.807, 2.05) is 13.8 Å². The van der Waals surface area contributed by atoms with E-state index in [0.29, 0.717) is 30.0 Å². The number of fused-ring (bicyclic) bond motifs is 1. The van der Waals surface area contributed by atoms with Gasteiger partial charge in [0.2, 0.25) is 0 Å². The van der Waals surface area contributed by atoms with E-state index in [2.05, 4.69) is 5.32 Å². The maximum absolute atomic E-state index is 12.3. The lowest BCUT2D eigenvalue weighted by Gasteiger charge is -2.09. The molecule has 2 aromatic carbocycles. The number of benzene rings is 2. The van der Waals surface area contributed by atoms with Gasteiger partial charge in [-0.15, -0.1) is 0 Å². The third-order valence-electron chi connectivity index (χ3n) is 4.89. The summed E-state index contributed by atoms with van der Waals surface area (Å²) < 4.78 is 21.4. The SMILES string of the molecule is CCCCNC(=O)c1cc2ccc(OC(=O)/C=C/c3ccc(OCC)c(OC)c3)cc2oc1=O. The molecule has 8 nitrogen and oxygen atoms in total. The smallest absolute Gasteiger partial charge is 0.349 e. The van der Waals surface area contributed by atoms with Crippen molar-refractivity contribution in [2.75, 3.05) is 20.3 Å². The molecule has 3 rings (SSSR count). The Balaban J connectivity index is 1.71. The van der Waals surface area contributed by atoms with Crippen LogP contribution in [0.15, 0.2) is 57.8 Å². The molecule has 0 spiro atoms. The first-order valence-corrected chi connectivity index (χ1v) is 11.0. The van der Waals surface area contributed by atoms with Gasteiger partial charge in [-0.3, -0.25) is 4.79 Å². The highest BCUT2D eigenvalue weighted by atomic mass is 16.5. The first-order chi connectivity index (χ1) is 16.4. The molecule has 0 unspecified atom stereocenters. The average Bonchev–Trinajstić information content (AvgIpc) is 2.83. The molecular weight excluding hydrogens is 438 g/mol. The number of amides is 1. The van der Waals surface area contributed by atoms with Gasteiger partial charge in [0.25, 0.3) is 5.91 Å². The van der Waals surface area contributed by atoms with Gasteiger partial charge in [-0.25, -0.2) is 9.59 Å². The van der Waals surface area contributed by atoms with Gasteiger partial charge >= 0.3 is 11.6 Å². The topological polar surface area (TPSA) is 104 Å². The fourth-order valence-corrected chi connectivity index (χ4v) is 3.16. The van der Waals surface area contributed by atoms with E-state index in [-0.39, 0.29) is 16.9 Å². The molecule has 8 heteroatoms. The molecule has 0 atom stereocenters. The Morgan fingerprint density at radius 1 is 1.06 bits per heavy atom. The number of carbonyl (C=O) groups excluding carboxylic acids is 2. The molecule has 0 bridgehead atoms. The zero-order chi connectivity index (χ0) is 24.5. The van der Waals surface area contributed by atoms with Crippen LogP contribution in [0.3, 0.4) is 0 Å². The highest BCUT2D eigenvalue weighted by Crippen LogP contribution is 2.28. The molecule has 0 radical (unpaired) electrons. The van der Waals surface area contributed by atoms with Crippen LogP contribution in [0.1, 0.15) is 42.6 Å². The van der Waals surface area contributed by atoms with Crippen LogP contribution in [0, 0.1) is 0 Å². The van der Waals surface area contributed by atoms with Gasteiger partial charge in [0.05, 0.1) is 13.7 Å². The molecule has 0 fully saturated rings. The van der Waals surface area contributed by atoms with Crippen molar-refractivity contribution in [3.63, 3.8) is 0 Å². The number of esters is 1.